The van der Waals surface area contributed by atoms with E-state index in [1.165, 1.54) is 19.2 Å². The topological polar surface area (TPSA) is 125 Å². The quantitative estimate of drug-likeness (QED) is 0.536. The van der Waals surface area contributed by atoms with E-state index >= 15 is 0 Å². The molecular weight excluding hydrogens is 314 g/mol. The van der Waals surface area contributed by atoms with Crippen LogP contribution in [0.2, 0.25) is 0 Å². The predicted octanol–water partition coefficient (Wildman–Crippen LogP) is 0.356. The first-order valence-electron chi connectivity index (χ1n) is 7.53. The van der Waals surface area contributed by atoms with E-state index in [4.69, 9.17) is 5.11 Å². The van der Waals surface area contributed by atoms with E-state index in [0.717, 1.165) is 0 Å². The lowest BCUT2D eigenvalue weighted by Crippen LogP contribution is -2.38. The fourth-order valence-electron chi connectivity index (χ4n) is 2.26. The van der Waals surface area contributed by atoms with Gasteiger partial charge in [0.2, 0.25) is 11.8 Å². The van der Waals surface area contributed by atoms with Crippen LogP contribution < -0.4 is 16.0 Å². The summed E-state index contributed by atoms with van der Waals surface area (Å²) >= 11 is 0. The zero-order chi connectivity index (χ0) is 17.7. The van der Waals surface area contributed by atoms with Crippen LogP contribution in [0.4, 0.5) is 5.69 Å². The van der Waals surface area contributed by atoms with Crippen LogP contribution in [-0.2, 0) is 14.4 Å². The molecule has 8 heteroatoms. The van der Waals surface area contributed by atoms with Gasteiger partial charge in [-0.2, -0.15) is 0 Å². The summed E-state index contributed by atoms with van der Waals surface area (Å²) in [4.78, 5) is 46.2. The highest BCUT2D eigenvalue weighted by Crippen LogP contribution is 2.46. The minimum Gasteiger partial charge on any atom is -0.481 e. The Morgan fingerprint density at radius 2 is 1.71 bits per heavy atom. The summed E-state index contributed by atoms with van der Waals surface area (Å²) in [7, 11) is 1.49. The van der Waals surface area contributed by atoms with Gasteiger partial charge < -0.3 is 21.1 Å². The number of rotatable bonds is 7. The molecule has 0 saturated heterocycles. The Balaban J connectivity index is 1.92. The number of nitrogens with one attached hydrogen (secondary N) is 3. The third kappa shape index (κ3) is 3.89. The van der Waals surface area contributed by atoms with Crippen molar-refractivity contribution in [2.75, 3.05) is 18.9 Å². The standard InChI is InChI=1S/C16H19N3O5/c1-17-14(23)16(7-8-16)15(24)19-11-4-2-10(3-5-11)13(22)18-9-6-12(20)21/h2-5H,6-9H2,1H3,(H,17,23)(H,18,22)(H,19,24)(H,20,21). The number of carbonyl (C=O) groups excluding carboxylic acids is 3. The van der Waals surface area contributed by atoms with Gasteiger partial charge in [-0.25, -0.2) is 0 Å². The summed E-state index contributed by atoms with van der Waals surface area (Å²) in [6.07, 6.45) is 0.882. The van der Waals surface area contributed by atoms with Crippen LogP contribution in [0, 0.1) is 5.41 Å². The Kier molecular flexibility index (Phi) is 5.18. The number of aliphatic carboxylic acids is 1. The van der Waals surface area contributed by atoms with E-state index in [9.17, 15) is 19.2 Å². The minimum atomic E-state index is -0.988. The van der Waals surface area contributed by atoms with Crippen LogP contribution in [-0.4, -0.2) is 42.4 Å². The second kappa shape index (κ2) is 7.12. The molecule has 0 radical (unpaired) electrons. The smallest absolute Gasteiger partial charge is 0.305 e. The van der Waals surface area contributed by atoms with Crippen molar-refractivity contribution in [3.05, 3.63) is 29.8 Å². The maximum Gasteiger partial charge on any atom is 0.305 e. The second-order valence-electron chi connectivity index (χ2n) is 5.59. The normalized spacial score (nSPS) is 14.4. The Morgan fingerprint density at radius 3 is 2.21 bits per heavy atom. The number of hydrogen-bond acceptors (Lipinski definition) is 4. The number of anilines is 1. The monoisotopic (exact) mass is 333 g/mol. The molecular formula is C16H19N3O5. The van der Waals surface area contributed by atoms with E-state index in [0.29, 0.717) is 24.1 Å². The zero-order valence-corrected chi connectivity index (χ0v) is 13.2. The molecule has 0 unspecified atom stereocenters. The highest BCUT2D eigenvalue weighted by molar-refractivity contribution is 6.13. The van der Waals surface area contributed by atoms with Gasteiger partial charge in [0.25, 0.3) is 5.91 Å². The summed E-state index contributed by atoms with van der Waals surface area (Å²) in [5.74, 6) is -2.04. The van der Waals surface area contributed by atoms with Crippen LogP contribution in [0.5, 0.6) is 0 Å². The fraction of sp³-hybridized carbons (Fsp3) is 0.375. The molecule has 0 aliphatic heterocycles. The van der Waals surface area contributed by atoms with Crippen LogP contribution in [0.25, 0.3) is 0 Å². The molecule has 1 aliphatic rings. The molecule has 1 aromatic carbocycles. The average molecular weight is 333 g/mol. The van der Waals surface area contributed by atoms with Crippen LogP contribution >= 0.6 is 0 Å². The molecule has 0 bridgehead atoms. The van der Waals surface area contributed by atoms with E-state index in [2.05, 4.69) is 16.0 Å². The number of amides is 3. The lowest BCUT2D eigenvalue weighted by atomic mass is 10.1. The molecule has 24 heavy (non-hydrogen) atoms. The van der Waals surface area contributed by atoms with Gasteiger partial charge in [0.05, 0.1) is 6.42 Å². The third-order valence-electron chi connectivity index (χ3n) is 3.88. The Hall–Kier alpha value is -2.90. The van der Waals surface area contributed by atoms with Crippen LogP contribution in [0.15, 0.2) is 24.3 Å². The Morgan fingerprint density at radius 1 is 1.08 bits per heavy atom. The molecule has 0 spiro atoms. The summed E-state index contributed by atoms with van der Waals surface area (Å²) in [6.45, 7) is 0.0430. The number of benzene rings is 1. The van der Waals surface area contributed by atoms with Gasteiger partial charge in [-0.3, -0.25) is 19.2 Å². The van der Waals surface area contributed by atoms with E-state index in [-0.39, 0.29) is 24.8 Å². The minimum absolute atomic E-state index is 0.0430. The Labute approximate surface area is 138 Å². The molecule has 3 amide bonds. The summed E-state index contributed by atoms with van der Waals surface area (Å²) < 4.78 is 0. The maximum atomic E-state index is 12.2. The molecule has 1 aromatic rings. The number of hydrogen-bond donors (Lipinski definition) is 4. The van der Waals surface area contributed by atoms with Gasteiger partial charge in [0.1, 0.15) is 5.41 Å². The van der Waals surface area contributed by atoms with Crippen LogP contribution in [0.3, 0.4) is 0 Å². The van der Waals surface area contributed by atoms with Gasteiger partial charge in [-0.1, -0.05) is 0 Å². The van der Waals surface area contributed by atoms with Crippen molar-refractivity contribution in [2.24, 2.45) is 5.41 Å². The van der Waals surface area contributed by atoms with Crippen molar-refractivity contribution < 1.29 is 24.3 Å². The zero-order valence-electron chi connectivity index (χ0n) is 13.2. The molecule has 0 atom stereocenters. The summed E-state index contributed by atoms with van der Waals surface area (Å²) in [6, 6.07) is 6.16. The lowest BCUT2D eigenvalue weighted by Gasteiger charge is -2.14. The van der Waals surface area contributed by atoms with Crippen molar-refractivity contribution in [1.82, 2.24) is 10.6 Å². The van der Waals surface area contributed by atoms with E-state index in [1.54, 1.807) is 12.1 Å². The number of carboxylic acids is 1. The van der Waals surface area contributed by atoms with Crippen molar-refractivity contribution in [3.8, 4) is 0 Å². The molecule has 1 aliphatic carbocycles. The summed E-state index contributed by atoms with van der Waals surface area (Å²) in [5, 5.41) is 16.2. The molecule has 2 rings (SSSR count). The first-order valence-corrected chi connectivity index (χ1v) is 7.53. The van der Waals surface area contributed by atoms with Crippen molar-refractivity contribution >= 4 is 29.4 Å². The van der Waals surface area contributed by atoms with Gasteiger partial charge in [-0.05, 0) is 37.1 Å². The molecule has 1 saturated carbocycles. The SMILES string of the molecule is CNC(=O)C1(C(=O)Nc2ccc(C(=O)NCCC(=O)O)cc2)CC1. The van der Waals surface area contributed by atoms with Gasteiger partial charge in [0.15, 0.2) is 0 Å². The van der Waals surface area contributed by atoms with Gasteiger partial charge in [-0.15, -0.1) is 0 Å². The fourth-order valence-corrected chi connectivity index (χ4v) is 2.26. The largest absolute Gasteiger partial charge is 0.481 e. The number of carbonyl (C=O) groups is 4. The molecule has 4 N–H and O–H groups in total. The highest BCUT2D eigenvalue weighted by atomic mass is 16.4. The van der Waals surface area contributed by atoms with E-state index < -0.39 is 17.3 Å². The van der Waals surface area contributed by atoms with Crippen molar-refractivity contribution in [3.63, 3.8) is 0 Å². The first-order chi connectivity index (χ1) is 11.4. The number of carboxylic acid groups (broad SMARTS) is 1. The predicted molar refractivity (Wildman–Crippen MR) is 85.4 cm³/mol. The molecule has 8 nitrogen and oxygen atoms in total. The average Bonchev–Trinajstić information content (AvgIpc) is 3.36. The van der Waals surface area contributed by atoms with Crippen molar-refractivity contribution in [1.29, 1.82) is 0 Å². The van der Waals surface area contributed by atoms with Gasteiger partial charge in [0, 0.05) is 24.8 Å². The summed E-state index contributed by atoms with van der Waals surface area (Å²) in [5.41, 5.74) is -0.148. The maximum absolute atomic E-state index is 12.2. The lowest BCUT2D eigenvalue weighted by molar-refractivity contribution is -0.137. The third-order valence-corrected chi connectivity index (χ3v) is 3.88. The first kappa shape index (κ1) is 17.5. The van der Waals surface area contributed by atoms with Crippen LogP contribution in [0.1, 0.15) is 29.6 Å². The molecule has 0 heterocycles. The van der Waals surface area contributed by atoms with Crippen molar-refractivity contribution in [2.45, 2.75) is 19.3 Å². The van der Waals surface area contributed by atoms with Gasteiger partial charge >= 0.3 is 5.97 Å². The molecule has 128 valence electrons. The Bertz CT molecular complexity index is 665. The molecule has 0 aromatic heterocycles. The second-order valence-corrected chi connectivity index (χ2v) is 5.59. The molecule has 1 fully saturated rings. The van der Waals surface area contributed by atoms with E-state index in [1.807, 2.05) is 0 Å². The highest BCUT2D eigenvalue weighted by Gasteiger charge is 2.56.